The molecule has 0 radical (unpaired) electrons. The predicted octanol–water partition coefficient (Wildman–Crippen LogP) is 2.01. The number of aromatic nitrogens is 3. The molecule has 23 heavy (non-hydrogen) atoms. The minimum absolute atomic E-state index is 0.496. The predicted molar refractivity (Wildman–Crippen MR) is 90.3 cm³/mol. The zero-order chi connectivity index (χ0) is 15.9. The molecule has 1 fully saturated rings. The van der Waals surface area contributed by atoms with Crippen molar-refractivity contribution < 1.29 is 4.74 Å². The number of morpholine rings is 1. The van der Waals surface area contributed by atoms with E-state index in [-0.39, 0.29) is 0 Å². The lowest BCUT2D eigenvalue weighted by Gasteiger charge is -2.26. The summed E-state index contributed by atoms with van der Waals surface area (Å²) in [6.45, 7) is 5.22. The Bertz CT molecular complexity index is 635. The third kappa shape index (κ3) is 4.75. The van der Waals surface area contributed by atoms with Gasteiger partial charge in [0.2, 0.25) is 5.95 Å². The van der Waals surface area contributed by atoms with Gasteiger partial charge in [0.1, 0.15) is 0 Å². The Morgan fingerprint density at radius 1 is 1.22 bits per heavy atom. The van der Waals surface area contributed by atoms with Gasteiger partial charge in [-0.2, -0.15) is 10.1 Å². The summed E-state index contributed by atoms with van der Waals surface area (Å²) in [6, 6.07) is 7.49. The van der Waals surface area contributed by atoms with Gasteiger partial charge in [0.05, 0.1) is 30.1 Å². The number of halogens is 1. The van der Waals surface area contributed by atoms with Crippen LogP contribution in [0.25, 0.3) is 0 Å². The Hall–Kier alpha value is -1.96. The van der Waals surface area contributed by atoms with E-state index < -0.39 is 0 Å². The first-order chi connectivity index (χ1) is 11.3. The highest BCUT2D eigenvalue weighted by Crippen LogP contribution is 2.23. The van der Waals surface area contributed by atoms with Crippen molar-refractivity contribution >= 4 is 29.1 Å². The number of ether oxygens (including phenoxy) is 1. The molecule has 0 atom stereocenters. The van der Waals surface area contributed by atoms with E-state index >= 15 is 0 Å². The maximum atomic E-state index is 6.13. The van der Waals surface area contributed by atoms with Crippen LogP contribution in [0.3, 0.4) is 0 Å². The first-order valence-electron chi connectivity index (χ1n) is 7.56. The van der Waals surface area contributed by atoms with Crippen molar-refractivity contribution in [3.05, 3.63) is 35.5 Å². The molecule has 2 N–H and O–H groups in total. The first-order valence-corrected chi connectivity index (χ1v) is 7.94. The van der Waals surface area contributed by atoms with Crippen LogP contribution in [0.1, 0.15) is 0 Å². The second-order valence-corrected chi connectivity index (χ2v) is 5.56. The maximum Gasteiger partial charge on any atom is 0.244 e. The normalized spacial score (nSPS) is 15.3. The van der Waals surface area contributed by atoms with Crippen LogP contribution in [-0.2, 0) is 4.74 Å². The lowest BCUT2D eigenvalue weighted by Crippen LogP contribution is -2.39. The van der Waals surface area contributed by atoms with E-state index in [1.165, 1.54) is 0 Å². The van der Waals surface area contributed by atoms with Gasteiger partial charge in [-0.3, -0.25) is 4.90 Å². The van der Waals surface area contributed by atoms with Gasteiger partial charge < -0.3 is 15.4 Å². The van der Waals surface area contributed by atoms with Crippen molar-refractivity contribution in [2.24, 2.45) is 0 Å². The third-order valence-electron chi connectivity index (χ3n) is 3.51. The Kier molecular flexibility index (Phi) is 5.57. The minimum Gasteiger partial charge on any atom is -0.379 e. The molecule has 1 aromatic heterocycles. The number of nitrogens with zero attached hydrogens (tertiary/aromatic N) is 4. The van der Waals surface area contributed by atoms with Crippen molar-refractivity contribution in [1.82, 2.24) is 20.1 Å². The molecule has 8 heteroatoms. The molecule has 1 aliphatic heterocycles. The highest BCUT2D eigenvalue weighted by atomic mass is 35.5. The van der Waals surface area contributed by atoms with Gasteiger partial charge in [0, 0.05) is 26.2 Å². The van der Waals surface area contributed by atoms with E-state index in [1.54, 1.807) is 6.20 Å². The summed E-state index contributed by atoms with van der Waals surface area (Å²) in [5, 5.41) is 14.9. The van der Waals surface area contributed by atoms with Crippen LogP contribution in [-0.4, -0.2) is 59.5 Å². The molecule has 0 unspecified atom stereocenters. The number of hydrogen-bond acceptors (Lipinski definition) is 7. The standard InChI is InChI=1S/C15H19ClN6O/c16-12-3-1-2-4-13(12)19-14-11-18-21-15(20-14)17-5-6-22-7-9-23-10-8-22/h1-4,11H,5-10H2,(H2,17,19,20,21). The zero-order valence-electron chi connectivity index (χ0n) is 12.7. The Morgan fingerprint density at radius 2 is 2.04 bits per heavy atom. The van der Waals surface area contributed by atoms with Crippen molar-refractivity contribution in [1.29, 1.82) is 0 Å². The molecule has 0 saturated carbocycles. The fourth-order valence-electron chi connectivity index (χ4n) is 2.29. The van der Waals surface area contributed by atoms with Crippen molar-refractivity contribution in [2.45, 2.75) is 0 Å². The molecule has 1 aromatic carbocycles. The van der Waals surface area contributed by atoms with Crippen LogP contribution in [0.15, 0.2) is 30.5 Å². The molecule has 0 bridgehead atoms. The number of hydrogen-bond donors (Lipinski definition) is 2. The van der Waals surface area contributed by atoms with Gasteiger partial charge >= 0.3 is 0 Å². The second-order valence-electron chi connectivity index (χ2n) is 5.15. The molecular weight excluding hydrogens is 316 g/mol. The zero-order valence-corrected chi connectivity index (χ0v) is 13.5. The van der Waals surface area contributed by atoms with Crippen molar-refractivity contribution in [2.75, 3.05) is 50.0 Å². The number of rotatable bonds is 6. The number of para-hydroxylation sites is 1. The van der Waals surface area contributed by atoms with Crippen LogP contribution >= 0.6 is 11.6 Å². The number of anilines is 3. The highest BCUT2D eigenvalue weighted by Gasteiger charge is 2.10. The van der Waals surface area contributed by atoms with E-state index in [0.717, 1.165) is 45.1 Å². The third-order valence-corrected chi connectivity index (χ3v) is 3.84. The highest BCUT2D eigenvalue weighted by molar-refractivity contribution is 6.33. The Labute approximate surface area is 140 Å². The van der Waals surface area contributed by atoms with Gasteiger partial charge in [0.15, 0.2) is 5.82 Å². The summed E-state index contributed by atoms with van der Waals surface area (Å²) in [4.78, 5) is 6.74. The van der Waals surface area contributed by atoms with Crippen LogP contribution < -0.4 is 10.6 Å². The van der Waals surface area contributed by atoms with Gasteiger partial charge in [-0.1, -0.05) is 23.7 Å². The van der Waals surface area contributed by atoms with Gasteiger partial charge in [0.25, 0.3) is 0 Å². The summed E-state index contributed by atoms with van der Waals surface area (Å²) in [6.07, 6.45) is 1.57. The Balaban J connectivity index is 1.53. The van der Waals surface area contributed by atoms with Gasteiger partial charge in [-0.25, -0.2) is 0 Å². The maximum absolute atomic E-state index is 6.13. The van der Waals surface area contributed by atoms with Crippen LogP contribution in [0.4, 0.5) is 17.5 Å². The number of nitrogens with one attached hydrogen (secondary N) is 2. The summed E-state index contributed by atoms with van der Waals surface area (Å²) < 4.78 is 5.33. The average Bonchev–Trinajstić information content (AvgIpc) is 2.58. The quantitative estimate of drug-likeness (QED) is 0.837. The van der Waals surface area contributed by atoms with E-state index in [0.29, 0.717) is 16.8 Å². The molecule has 3 rings (SSSR count). The smallest absolute Gasteiger partial charge is 0.244 e. The van der Waals surface area contributed by atoms with E-state index in [2.05, 4.69) is 30.7 Å². The van der Waals surface area contributed by atoms with Crippen LogP contribution in [0, 0.1) is 0 Å². The summed E-state index contributed by atoms with van der Waals surface area (Å²) in [5.74, 6) is 1.09. The average molecular weight is 335 g/mol. The second kappa shape index (κ2) is 8.05. The van der Waals surface area contributed by atoms with E-state index in [4.69, 9.17) is 16.3 Å². The molecule has 2 aromatic rings. The molecule has 0 spiro atoms. The summed E-state index contributed by atoms with van der Waals surface area (Å²) in [5.41, 5.74) is 0.786. The molecule has 0 aliphatic carbocycles. The van der Waals surface area contributed by atoms with Gasteiger partial charge in [-0.15, -0.1) is 5.10 Å². The van der Waals surface area contributed by atoms with Gasteiger partial charge in [-0.05, 0) is 12.1 Å². The molecule has 1 saturated heterocycles. The molecular formula is C15H19ClN6O. The summed E-state index contributed by atoms with van der Waals surface area (Å²) >= 11 is 6.13. The first kappa shape index (κ1) is 15.9. The molecule has 2 heterocycles. The lowest BCUT2D eigenvalue weighted by molar-refractivity contribution is 0.0398. The number of benzene rings is 1. The van der Waals surface area contributed by atoms with Crippen molar-refractivity contribution in [3.8, 4) is 0 Å². The van der Waals surface area contributed by atoms with E-state index in [9.17, 15) is 0 Å². The van der Waals surface area contributed by atoms with Crippen molar-refractivity contribution in [3.63, 3.8) is 0 Å². The molecule has 1 aliphatic rings. The van der Waals surface area contributed by atoms with Crippen LogP contribution in [0.2, 0.25) is 5.02 Å². The molecule has 0 amide bonds. The van der Waals surface area contributed by atoms with Crippen LogP contribution in [0.5, 0.6) is 0 Å². The fraction of sp³-hybridized carbons (Fsp3) is 0.400. The monoisotopic (exact) mass is 334 g/mol. The minimum atomic E-state index is 0.496. The fourth-order valence-corrected chi connectivity index (χ4v) is 2.47. The molecule has 122 valence electrons. The van der Waals surface area contributed by atoms with E-state index in [1.807, 2.05) is 24.3 Å². The summed E-state index contributed by atoms with van der Waals surface area (Å²) in [7, 11) is 0. The topological polar surface area (TPSA) is 75.2 Å². The largest absolute Gasteiger partial charge is 0.379 e. The SMILES string of the molecule is Clc1ccccc1Nc1cnnc(NCCN2CCOCC2)n1. The lowest BCUT2D eigenvalue weighted by atomic mass is 10.3. The molecule has 7 nitrogen and oxygen atoms in total. The Morgan fingerprint density at radius 3 is 2.87 bits per heavy atom.